The summed E-state index contributed by atoms with van der Waals surface area (Å²) in [5, 5.41) is 0.664. The summed E-state index contributed by atoms with van der Waals surface area (Å²) in [7, 11) is -3.48. The van der Waals surface area contributed by atoms with E-state index >= 15 is 0 Å². The van der Waals surface area contributed by atoms with E-state index in [1.165, 1.54) is 4.31 Å². The Morgan fingerprint density at radius 2 is 1.72 bits per heavy atom. The molecule has 2 aromatic rings. The number of rotatable bonds is 5. The molecule has 0 spiro atoms. The van der Waals surface area contributed by atoms with Crippen LogP contribution in [0.3, 0.4) is 0 Å². The van der Waals surface area contributed by atoms with E-state index in [0.717, 1.165) is 22.3 Å². The van der Waals surface area contributed by atoms with Gasteiger partial charge in [-0.25, -0.2) is 8.42 Å². The third-order valence-electron chi connectivity index (χ3n) is 4.45. The van der Waals surface area contributed by atoms with Crippen molar-refractivity contribution in [2.75, 3.05) is 13.1 Å². The van der Waals surface area contributed by atoms with E-state index in [0.29, 0.717) is 29.6 Å². The third-order valence-corrected chi connectivity index (χ3v) is 6.96. The first kappa shape index (κ1) is 18.4. The zero-order chi connectivity index (χ0) is 18.2. The van der Waals surface area contributed by atoms with Crippen LogP contribution in [0.4, 0.5) is 0 Å². The first-order valence-electron chi connectivity index (χ1n) is 8.22. The molecule has 0 radical (unpaired) electrons. The Bertz CT molecular complexity index is 866. The fraction of sp³-hybridized carbons (Fsp3) is 0.368. The van der Waals surface area contributed by atoms with Gasteiger partial charge in [0.05, 0.1) is 17.6 Å². The second-order valence-electron chi connectivity index (χ2n) is 6.57. The summed E-state index contributed by atoms with van der Waals surface area (Å²) >= 11 is 6.11. The molecule has 25 heavy (non-hydrogen) atoms. The van der Waals surface area contributed by atoms with Crippen LogP contribution in [0.15, 0.2) is 41.3 Å². The van der Waals surface area contributed by atoms with Gasteiger partial charge >= 0.3 is 0 Å². The van der Waals surface area contributed by atoms with E-state index in [1.54, 1.807) is 0 Å². The molecule has 4 nitrogen and oxygen atoms in total. The number of hydrogen-bond acceptors (Lipinski definition) is 3. The maximum absolute atomic E-state index is 12.9. The van der Waals surface area contributed by atoms with Crippen LogP contribution in [-0.2, 0) is 21.4 Å². The highest BCUT2D eigenvalue weighted by Gasteiger charge is 2.38. The van der Waals surface area contributed by atoms with Crippen LogP contribution in [0, 0.1) is 20.8 Å². The van der Waals surface area contributed by atoms with Crippen molar-refractivity contribution in [2.45, 2.75) is 38.4 Å². The maximum atomic E-state index is 12.9. The molecule has 0 atom stereocenters. The Morgan fingerprint density at radius 3 is 2.32 bits per heavy atom. The van der Waals surface area contributed by atoms with Crippen LogP contribution in [0.5, 0.6) is 0 Å². The number of halogens is 1. The Morgan fingerprint density at radius 1 is 1.12 bits per heavy atom. The van der Waals surface area contributed by atoms with Gasteiger partial charge in [-0.1, -0.05) is 47.5 Å². The summed E-state index contributed by atoms with van der Waals surface area (Å²) in [5.74, 6) is 0. The minimum atomic E-state index is -3.48. The average molecular weight is 380 g/mol. The van der Waals surface area contributed by atoms with Crippen molar-refractivity contribution in [3.63, 3.8) is 0 Å². The van der Waals surface area contributed by atoms with Gasteiger partial charge < -0.3 is 4.74 Å². The summed E-state index contributed by atoms with van der Waals surface area (Å²) in [6, 6.07) is 11.3. The summed E-state index contributed by atoms with van der Waals surface area (Å²) < 4.78 is 33.1. The number of hydrogen-bond donors (Lipinski definition) is 0. The predicted octanol–water partition coefficient (Wildman–Crippen LogP) is 3.85. The molecule has 6 heteroatoms. The van der Waals surface area contributed by atoms with Crippen molar-refractivity contribution in [3.05, 3.63) is 63.7 Å². The lowest BCUT2D eigenvalue weighted by atomic mass is 10.1. The van der Waals surface area contributed by atoms with Gasteiger partial charge in [-0.15, -0.1) is 0 Å². The van der Waals surface area contributed by atoms with Gasteiger partial charge in [0.25, 0.3) is 0 Å². The molecular formula is C19H22ClNO3S. The molecule has 0 unspecified atom stereocenters. The second-order valence-corrected chi connectivity index (χ2v) is 8.86. The third kappa shape index (κ3) is 3.75. The van der Waals surface area contributed by atoms with Crippen molar-refractivity contribution < 1.29 is 13.2 Å². The minimum Gasteiger partial charge on any atom is -0.371 e. The Hall–Kier alpha value is -1.40. The number of ether oxygens (including phenoxy) is 1. The molecule has 1 fully saturated rings. The van der Waals surface area contributed by atoms with Gasteiger partial charge in [0.15, 0.2) is 0 Å². The van der Waals surface area contributed by atoms with Crippen molar-refractivity contribution in [2.24, 2.45) is 0 Å². The smallest absolute Gasteiger partial charge is 0.243 e. The Balaban J connectivity index is 1.65. The quantitative estimate of drug-likeness (QED) is 0.792. The normalized spacial score (nSPS) is 16.0. The fourth-order valence-electron chi connectivity index (χ4n) is 3.23. The maximum Gasteiger partial charge on any atom is 0.243 e. The molecule has 2 aromatic carbocycles. The number of sulfonamides is 1. The summed E-state index contributed by atoms with van der Waals surface area (Å²) in [4.78, 5) is 0.419. The van der Waals surface area contributed by atoms with Crippen molar-refractivity contribution in [1.29, 1.82) is 0 Å². The first-order chi connectivity index (χ1) is 11.8. The summed E-state index contributed by atoms with van der Waals surface area (Å²) in [6.45, 7) is 6.80. The second kappa shape index (κ2) is 7.08. The molecule has 0 aliphatic carbocycles. The fourth-order valence-corrected chi connectivity index (χ4v) is 5.33. The van der Waals surface area contributed by atoms with Gasteiger partial charge in [-0.2, -0.15) is 4.31 Å². The highest BCUT2D eigenvalue weighted by Crippen LogP contribution is 2.29. The monoisotopic (exact) mass is 379 g/mol. The van der Waals surface area contributed by atoms with Crippen LogP contribution < -0.4 is 0 Å². The van der Waals surface area contributed by atoms with E-state index in [9.17, 15) is 8.42 Å². The average Bonchev–Trinajstić information content (AvgIpc) is 2.45. The molecule has 3 rings (SSSR count). The molecule has 0 aromatic heterocycles. The van der Waals surface area contributed by atoms with Gasteiger partial charge in [0.2, 0.25) is 10.0 Å². The molecule has 0 N–H and O–H groups in total. The molecule has 1 heterocycles. The van der Waals surface area contributed by atoms with Gasteiger partial charge in [-0.3, -0.25) is 0 Å². The highest BCUT2D eigenvalue weighted by molar-refractivity contribution is 7.89. The molecule has 0 saturated carbocycles. The molecule has 1 aliphatic rings. The Kier molecular flexibility index (Phi) is 5.21. The summed E-state index contributed by atoms with van der Waals surface area (Å²) in [6.07, 6.45) is -0.0999. The van der Waals surface area contributed by atoms with E-state index in [-0.39, 0.29) is 6.10 Å². The van der Waals surface area contributed by atoms with E-state index in [2.05, 4.69) is 0 Å². The lowest BCUT2D eigenvalue weighted by Crippen LogP contribution is -2.54. The SMILES string of the molecule is Cc1cc(C)c(S(=O)(=O)N2CC(OCc3ccccc3Cl)C2)c(C)c1. The Labute approximate surface area is 154 Å². The van der Waals surface area contributed by atoms with Gasteiger partial charge in [0, 0.05) is 18.1 Å². The van der Waals surface area contributed by atoms with Crippen LogP contribution in [0.25, 0.3) is 0 Å². The van der Waals surface area contributed by atoms with Gasteiger partial charge in [-0.05, 0) is 43.5 Å². The molecule has 1 aliphatic heterocycles. The zero-order valence-electron chi connectivity index (χ0n) is 14.6. The standard InChI is InChI=1S/C19H22ClNO3S/c1-13-8-14(2)19(15(3)9-13)25(22,23)21-10-17(11-21)24-12-16-6-4-5-7-18(16)20/h4-9,17H,10-12H2,1-3H3. The predicted molar refractivity (Wildman–Crippen MR) is 99.4 cm³/mol. The number of benzene rings is 2. The van der Waals surface area contributed by atoms with Crippen LogP contribution in [0.1, 0.15) is 22.3 Å². The topological polar surface area (TPSA) is 46.6 Å². The van der Waals surface area contributed by atoms with Crippen LogP contribution in [0.2, 0.25) is 5.02 Å². The van der Waals surface area contributed by atoms with Crippen molar-refractivity contribution in [3.8, 4) is 0 Å². The highest BCUT2D eigenvalue weighted by atomic mass is 35.5. The molecule has 0 bridgehead atoms. The number of aryl methyl sites for hydroxylation is 3. The van der Waals surface area contributed by atoms with E-state index in [4.69, 9.17) is 16.3 Å². The van der Waals surface area contributed by atoms with E-state index in [1.807, 2.05) is 57.2 Å². The largest absolute Gasteiger partial charge is 0.371 e. The van der Waals surface area contributed by atoms with Crippen molar-refractivity contribution >= 4 is 21.6 Å². The molecular weight excluding hydrogens is 358 g/mol. The minimum absolute atomic E-state index is 0.0999. The summed E-state index contributed by atoms with van der Waals surface area (Å²) in [5.41, 5.74) is 3.56. The van der Waals surface area contributed by atoms with Crippen LogP contribution in [-0.4, -0.2) is 31.9 Å². The lowest BCUT2D eigenvalue weighted by Gasteiger charge is -2.38. The van der Waals surface area contributed by atoms with Gasteiger partial charge in [0.1, 0.15) is 0 Å². The van der Waals surface area contributed by atoms with Crippen molar-refractivity contribution in [1.82, 2.24) is 4.31 Å². The zero-order valence-corrected chi connectivity index (χ0v) is 16.2. The molecule has 1 saturated heterocycles. The number of nitrogens with zero attached hydrogens (tertiary/aromatic N) is 1. The van der Waals surface area contributed by atoms with Crippen LogP contribution >= 0.6 is 11.6 Å². The first-order valence-corrected chi connectivity index (χ1v) is 10.0. The molecule has 0 amide bonds. The van der Waals surface area contributed by atoms with E-state index < -0.39 is 10.0 Å². The lowest BCUT2D eigenvalue weighted by molar-refractivity contribution is -0.0295. The molecule has 134 valence electrons.